The number of hydrogen-bond donors (Lipinski definition) is 1. The summed E-state index contributed by atoms with van der Waals surface area (Å²) in [5.74, 6) is -0.439. The Kier molecular flexibility index (Phi) is 2.42. The van der Waals surface area contributed by atoms with Crippen molar-refractivity contribution in [3.8, 4) is 5.69 Å². The minimum atomic E-state index is -0.439. The average Bonchev–Trinajstić information content (AvgIpc) is 2.70. The van der Waals surface area contributed by atoms with Crippen LogP contribution in [0.25, 0.3) is 5.69 Å². The van der Waals surface area contributed by atoms with E-state index >= 15 is 0 Å². The van der Waals surface area contributed by atoms with Crippen LogP contribution in [0.2, 0.25) is 0 Å². The predicted molar refractivity (Wildman–Crippen MR) is 57.2 cm³/mol. The maximum atomic E-state index is 13.6. The lowest BCUT2D eigenvalue weighted by atomic mass is 10.2. The molecule has 0 saturated heterocycles. The second kappa shape index (κ2) is 3.74. The summed E-state index contributed by atoms with van der Waals surface area (Å²) < 4.78 is 14.9. The molecule has 1 heterocycles. The molecule has 2 N–H and O–H groups in total. The maximum Gasteiger partial charge on any atom is 0.149 e. The molecule has 2 rings (SSSR count). The highest BCUT2D eigenvalue weighted by atomic mass is 32.1. The van der Waals surface area contributed by atoms with Crippen LogP contribution >= 0.6 is 12.2 Å². The Morgan fingerprint density at radius 1 is 1.47 bits per heavy atom. The summed E-state index contributed by atoms with van der Waals surface area (Å²) in [5.41, 5.74) is 6.19. The third-order valence-electron chi connectivity index (χ3n) is 1.90. The van der Waals surface area contributed by atoms with Gasteiger partial charge < -0.3 is 5.73 Å². The van der Waals surface area contributed by atoms with Crippen molar-refractivity contribution in [3.63, 3.8) is 0 Å². The smallest absolute Gasteiger partial charge is 0.149 e. The number of nitrogens with two attached hydrogens (primary N) is 1. The number of rotatable bonds is 2. The molecule has 4 nitrogen and oxygen atoms in total. The lowest BCUT2D eigenvalue weighted by Gasteiger charge is -2.04. The van der Waals surface area contributed by atoms with Crippen LogP contribution in [0.3, 0.4) is 0 Å². The van der Waals surface area contributed by atoms with Gasteiger partial charge >= 0.3 is 0 Å². The molecule has 6 heteroatoms. The fraction of sp³-hybridized carbons (Fsp3) is 0. The van der Waals surface area contributed by atoms with E-state index in [9.17, 15) is 4.39 Å². The van der Waals surface area contributed by atoms with Crippen LogP contribution in [0.4, 0.5) is 4.39 Å². The minimum Gasteiger partial charge on any atom is -0.389 e. The normalized spacial score (nSPS) is 10.2. The zero-order chi connectivity index (χ0) is 10.8. The van der Waals surface area contributed by atoms with E-state index < -0.39 is 5.82 Å². The van der Waals surface area contributed by atoms with E-state index in [-0.39, 0.29) is 4.99 Å². The van der Waals surface area contributed by atoms with Gasteiger partial charge in [0.25, 0.3) is 0 Å². The Morgan fingerprint density at radius 3 is 2.80 bits per heavy atom. The van der Waals surface area contributed by atoms with Crippen LogP contribution in [0, 0.1) is 5.82 Å². The molecule has 0 bridgehead atoms. The van der Waals surface area contributed by atoms with Gasteiger partial charge in [0.1, 0.15) is 29.1 Å². The zero-order valence-electron chi connectivity index (χ0n) is 7.59. The van der Waals surface area contributed by atoms with Gasteiger partial charge in [0, 0.05) is 5.56 Å². The minimum absolute atomic E-state index is 0.166. The Bertz CT molecular complexity index is 495. The van der Waals surface area contributed by atoms with E-state index in [1.807, 2.05) is 0 Å². The van der Waals surface area contributed by atoms with Crippen LogP contribution in [-0.4, -0.2) is 19.8 Å². The summed E-state index contributed by atoms with van der Waals surface area (Å²) in [6.45, 7) is 0. The maximum absolute atomic E-state index is 13.6. The highest BCUT2D eigenvalue weighted by Gasteiger charge is 2.07. The molecule has 0 fully saturated rings. The van der Waals surface area contributed by atoms with Crippen molar-refractivity contribution in [1.29, 1.82) is 0 Å². The number of aromatic nitrogens is 3. The Labute approximate surface area is 90.5 Å². The molecule has 0 atom stereocenters. The van der Waals surface area contributed by atoms with E-state index in [0.29, 0.717) is 11.3 Å². The zero-order valence-corrected chi connectivity index (χ0v) is 8.41. The van der Waals surface area contributed by atoms with Crippen molar-refractivity contribution in [1.82, 2.24) is 14.8 Å². The first-order chi connectivity index (χ1) is 7.18. The summed E-state index contributed by atoms with van der Waals surface area (Å²) in [6.07, 6.45) is 2.75. The molecule has 0 unspecified atom stereocenters. The van der Waals surface area contributed by atoms with Crippen molar-refractivity contribution in [2.24, 2.45) is 5.73 Å². The van der Waals surface area contributed by atoms with Gasteiger partial charge in [-0.15, -0.1) is 0 Å². The molecule has 0 saturated carbocycles. The van der Waals surface area contributed by atoms with Gasteiger partial charge in [-0.25, -0.2) is 14.1 Å². The summed E-state index contributed by atoms with van der Waals surface area (Å²) in [6, 6.07) is 4.47. The number of halogens is 1. The van der Waals surface area contributed by atoms with Crippen LogP contribution in [0.1, 0.15) is 5.56 Å². The van der Waals surface area contributed by atoms with Gasteiger partial charge in [-0.3, -0.25) is 0 Å². The molecule has 15 heavy (non-hydrogen) atoms. The third-order valence-corrected chi connectivity index (χ3v) is 2.13. The van der Waals surface area contributed by atoms with Crippen LogP contribution in [0.15, 0.2) is 30.9 Å². The molecule has 0 spiro atoms. The summed E-state index contributed by atoms with van der Waals surface area (Å²) >= 11 is 4.74. The number of thiocarbonyl (C=S) groups is 1. The molecule has 0 amide bonds. The molecule has 76 valence electrons. The largest absolute Gasteiger partial charge is 0.389 e. The Balaban J connectivity index is 2.48. The molecule has 2 aromatic rings. The number of benzene rings is 1. The highest BCUT2D eigenvalue weighted by Crippen LogP contribution is 2.13. The fourth-order valence-electron chi connectivity index (χ4n) is 1.18. The fourth-order valence-corrected chi connectivity index (χ4v) is 1.31. The first-order valence-corrected chi connectivity index (χ1v) is 4.53. The quantitative estimate of drug-likeness (QED) is 0.771. The average molecular weight is 222 g/mol. The second-order valence-electron chi connectivity index (χ2n) is 2.87. The molecule has 1 aromatic heterocycles. The van der Waals surface area contributed by atoms with E-state index in [1.54, 1.807) is 12.1 Å². The number of hydrogen-bond acceptors (Lipinski definition) is 3. The standard InChI is InChI=1S/C9H7FN4S/c10-7-3-6(9(11)15)1-2-8(7)14-5-12-4-13-14/h1-5H,(H2,11,15). The van der Waals surface area contributed by atoms with E-state index in [1.165, 1.54) is 23.4 Å². The van der Waals surface area contributed by atoms with Crippen molar-refractivity contribution in [2.45, 2.75) is 0 Å². The van der Waals surface area contributed by atoms with Crippen molar-refractivity contribution < 1.29 is 4.39 Å². The van der Waals surface area contributed by atoms with E-state index in [4.69, 9.17) is 18.0 Å². The van der Waals surface area contributed by atoms with Crippen molar-refractivity contribution >= 4 is 17.2 Å². The summed E-state index contributed by atoms with van der Waals surface area (Å²) in [5, 5.41) is 3.82. The van der Waals surface area contributed by atoms with Gasteiger partial charge in [0.2, 0.25) is 0 Å². The van der Waals surface area contributed by atoms with Gasteiger partial charge in [0.15, 0.2) is 0 Å². The lowest BCUT2D eigenvalue weighted by Crippen LogP contribution is -2.10. The molecule has 1 aromatic carbocycles. The van der Waals surface area contributed by atoms with Crippen molar-refractivity contribution in [3.05, 3.63) is 42.2 Å². The first-order valence-electron chi connectivity index (χ1n) is 4.13. The van der Waals surface area contributed by atoms with Gasteiger partial charge in [-0.05, 0) is 18.2 Å². The number of nitrogens with zero attached hydrogens (tertiary/aromatic N) is 3. The monoisotopic (exact) mass is 222 g/mol. The van der Waals surface area contributed by atoms with Gasteiger partial charge in [0.05, 0.1) is 0 Å². The molecule has 0 aliphatic carbocycles. The molecular formula is C9H7FN4S. The van der Waals surface area contributed by atoms with Crippen LogP contribution < -0.4 is 5.73 Å². The van der Waals surface area contributed by atoms with E-state index in [0.717, 1.165) is 0 Å². The highest BCUT2D eigenvalue weighted by molar-refractivity contribution is 7.80. The molecule has 0 aliphatic heterocycles. The van der Waals surface area contributed by atoms with Crippen LogP contribution in [-0.2, 0) is 0 Å². The molecule has 0 aliphatic rings. The summed E-state index contributed by atoms with van der Waals surface area (Å²) in [4.78, 5) is 3.90. The second-order valence-corrected chi connectivity index (χ2v) is 3.31. The molecular weight excluding hydrogens is 215 g/mol. The predicted octanol–water partition coefficient (Wildman–Crippen LogP) is 1.04. The van der Waals surface area contributed by atoms with Crippen molar-refractivity contribution in [2.75, 3.05) is 0 Å². The third kappa shape index (κ3) is 1.84. The lowest BCUT2D eigenvalue weighted by molar-refractivity contribution is 0.610. The molecule has 0 radical (unpaired) electrons. The SMILES string of the molecule is NC(=S)c1ccc(-n2cncn2)c(F)c1. The first kappa shape index (κ1) is 9.72. The van der Waals surface area contributed by atoms with E-state index in [2.05, 4.69) is 10.1 Å². The van der Waals surface area contributed by atoms with Gasteiger partial charge in [-0.2, -0.15) is 5.10 Å². The Morgan fingerprint density at radius 2 is 2.27 bits per heavy atom. The Hall–Kier alpha value is -1.82. The topological polar surface area (TPSA) is 56.7 Å². The van der Waals surface area contributed by atoms with Gasteiger partial charge in [-0.1, -0.05) is 12.2 Å². The summed E-state index contributed by atoms with van der Waals surface area (Å²) in [7, 11) is 0. The van der Waals surface area contributed by atoms with Crippen LogP contribution in [0.5, 0.6) is 0 Å².